The third-order valence-electron chi connectivity index (χ3n) is 3.40. The highest BCUT2D eigenvalue weighted by Gasteiger charge is 2.31. The molecule has 2 rings (SSSR count). The van der Waals surface area contributed by atoms with E-state index in [0.29, 0.717) is 11.1 Å². The molecule has 0 bridgehead atoms. The van der Waals surface area contributed by atoms with E-state index in [1.807, 2.05) is 0 Å². The van der Waals surface area contributed by atoms with Gasteiger partial charge in [-0.15, -0.1) is 0 Å². The van der Waals surface area contributed by atoms with Crippen LogP contribution < -0.4 is 5.73 Å². The molecule has 6 nitrogen and oxygen atoms in total. The third kappa shape index (κ3) is 3.42. The summed E-state index contributed by atoms with van der Waals surface area (Å²) in [5, 5.41) is 0. The zero-order valence-electron chi connectivity index (χ0n) is 11.4. The number of sulfone groups is 1. The summed E-state index contributed by atoms with van der Waals surface area (Å²) in [5.41, 5.74) is 6.86. The largest absolute Gasteiger partial charge is 0.389 e. The number of nitrogens with zero attached hydrogens (tertiary/aromatic N) is 1. The zero-order chi connectivity index (χ0) is 15.8. The topological polar surface area (TPSA) is 97.5 Å². The molecule has 1 aromatic rings. The van der Waals surface area contributed by atoms with Crippen molar-refractivity contribution in [1.82, 2.24) is 4.31 Å². The van der Waals surface area contributed by atoms with E-state index in [2.05, 4.69) is 0 Å². The van der Waals surface area contributed by atoms with Crippen molar-refractivity contribution < 1.29 is 16.8 Å². The van der Waals surface area contributed by atoms with Crippen LogP contribution in [0.2, 0.25) is 0 Å². The number of nitrogens with two attached hydrogens (primary N) is 1. The summed E-state index contributed by atoms with van der Waals surface area (Å²) in [6.07, 6.45) is 0. The molecule has 0 atom stereocenters. The summed E-state index contributed by atoms with van der Waals surface area (Å²) in [5.74, 6) is -0.285. The SMILES string of the molecule is Cc1cc(S(=O)(=O)N2CCS(=O)(=O)CC2)ccc1C(N)=S. The lowest BCUT2D eigenvalue weighted by atomic mass is 10.1. The molecule has 0 spiro atoms. The fourth-order valence-electron chi connectivity index (χ4n) is 2.16. The van der Waals surface area contributed by atoms with Gasteiger partial charge in [0, 0.05) is 18.7 Å². The van der Waals surface area contributed by atoms with Gasteiger partial charge in [0.15, 0.2) is 9.84 Å². The van der Waals surface area contributed by atoms with Gasteiger partial charge in [0.25, 0.3) is 0 Å². The molecule has 2 N–H and O–H groups in total. The van der Waals surface area contributed by atoms with E-state index in [0.717, 1.165) is 0 Å². The van der Waals surface area contributed by atoms with E-state index in [-0.39, 0.29) is 34.5 Å². The van der Waals surface area contributed by atoms with Crippen molar-refractivity contribution in [3.8, 4) is 0 Å². The summed E-state index contributed by atoms with van der Waals surface area (Å²) in [7, 11) is -6.82. The summed E-state index contributed by atoms with van der Waals surface area (Å²) in [6.45, 7) is 1.70. The van der Waals surface area contributed by atoms with E-state index in [4.69, 9.17) is 18.0 Å². The second-order valence-electron chi connectivity index (χ2n) is 4.90. The molecule has 1 saturated heterocycles. The normalized spacial score (nSPS) is 19.3. The molecule has 1 fully saturated rings. The first-order valence-corrected chi connectivity index (χ1v) is 9.91. The van der Waals surface area contributed by atoms with Gasteiger partial charge >= 0.3 is 0 Å². The number of aryl methyl sites for hydroxylation is 1. The van der Waals surface area contributed by atoms with Crippen molar-refractivity contribution in [3.05, 3.63) is 29.3 Å². The second kappa shape index (κ2) is 5.64. The van der Waals surface area contributed by atoms with Crippen LogP contribution in [0.5, 0.6) is 0 Å². The van der Waals surface area contributed by atoms with Crippen LogP contribution in [0.25, 0.3) is 0 Å². The molecule has 9 heteroatoms. The predicted octanol–water partition coefficient (Wildman–Crippen LogP) is 0.0483. The smallest absolute Gasteiger partial charge is 0.243 e. The van der Waals surface area contributed by atoms with Gasteiger partial charge < -0.3 is 5.73 Å². The molecule has 0 unspecified atom stereocenters. The Labute approximate surface area is 129 Å². The Morgan fingerprint density at radius 3 is 2.33 bits per heavy atom. The van der Waals surface area contributed by atoms with Gasteiger partial charge in [0.2, 0.25) is 10.0 Å². The minimum atomic E-state index is -3.69. The van der Waals surface area contributed by atoms with E-state index >= 15 is 0 Å². The van der Waals surface area contributed by atoms with E-state index in [9.17, 15) is 16.8 Å². The van der Waals surface area contributed by atoms with Crippen LogP contribution in [-0.2, 0) is 19.9 Å². The number of benzene rings is 1. The molecule has 21 heavy (non-hydrogen) atoms. The Morgan fingerprint density at radius 2 is 1.86 bits per heavy atom. The summed E-state index contributed by atoms with van der Waals surface area (Å²) in [6, 6.07) is 4.53. The van der Waals surface area contributed by atoms with Crippen molar-refractivity contribution in [3.63, 3.8) is 0 Å². The average Bonchev–Trinajstić information content (AvgIpc) is 2.37. The Bertz CT molecular complexity index is 771. The van der Waals surface area contributed by atoms with Crippen LogP contribution in [-0.4, -0.2) is 50.7 Å². The first-order chi connectivity index (χ1) is 9.63. The summed E-state index contributed by atoms with van der Waals surface area (Å²) < 4.78 is 49.0. The molecule has 0 amide bonds. The third-order valence-corrected chi connectivity index (χ3v) is 7.13. The fraction of sp³-hybridized carbons (Fsp3) is 0.417. The highest BCUT2D eigenvalue weighted by atomic mass is 32.2. The highest BCUT2D eigenvalue weighted by Crippen LogP contribution is 2.21. The van der Waals surface area contributed by atoms with E-state index in [1.54, 1.807) is 13.0 Å². The number of hydrogen-bond donors (Lipinski definition) is 1. The number of thiocarbonyl (C=S) groups is 1. The molecule has 0 aromatic heterocycles. The van der Waals surface area contributed by atoms with E-state index in [1.165, 1.54) is 16.4 Å². The molecule has 1 aliphatic rings. The molecule has 0 aliphatic carbocycles. The average molecular weight is 348 g/mol. The fourth-order valence-corrected chi connectivity index (χ4v) is 5.35. The Balaban J connectivity index is 2.33. The Hall–Kier alpha value is -1.03. The predicted molar refractivity (Wildman–Crippen MR) is 84.5 cm³/mol. The number of sulfonamides is 1. The minimum absolute atomic E-state index is 0.0131. The van der Waals surface area contributed by atoms with Crippen molar-refractivity contribution >= 4 is 37.1 Å². The Kier molecular flexibility index (Phi) is 4.39. The summed E-state index contributed by atoms with van der Waals surface area (Å²) >= 11 is 4.89. The quantitative estimate of drug-likeness (QED) is 0.775. The van der Waals surface area contributed by atoms with Crippen molar-refractivity contribution in [2.45, 2.75) is 11.8 Å². The highest BCUT2D eigenvalue weighted by molar-refractivity contribution is 7.92. The lowest BCUT2D eigenvalue weighted by Crippen LogP contribution is -2.43. The van der Waals surface area contributed by atoms with Crippen LogP contribution in [0.15, 0.2) is 23.1 Å². The first-order valence-electron chi connectivity index (χ1n) is 6.24. The molecular formula is C12H16N2O4S3. The van der Waals surface area contributed by atoms with Crippen LogP contribution in [0.1, 0.15) is 11.1 Å². The molecule has 1 aliphatic heterocycles. The molecule has 1 aromatic carbocycles. The van der Waals surface area contributed by atoms with Gasteiger partial charge in [-0.1, -0.05) is 18.3 Å². The van der Waals surface area contributed by atoms with Gasteiger partial charge in [0.05, 0.1) is 16.4 Å². The molecule has 0 saturated carbocycles. The van der Waals surface area contributed by atoms with Crippen LogP contribution in [0.3, 0.4) is 0 Å². The zero-order valence-corrected chi connectivity index (χ0v) is 13.9. The minimum Gasteiger partial charge on any atom is -0.389 e. The molecule has 116 valence electrons. The van der Waals surface area contributed by atoms with Gasteiger partial charge in [0.1, 0.15) is 4.99 Å². The summed E-state index contributed by atoms with van der Waals surface area (Å²) in [4.78, 5) is 0.333. The van der Waals surface area contributed by atoms with Gasteiger partial charge in [-0.25, -0.2) is 16.8 Å². The second-order valence-corrected chi connectivity index (χ2v) is 9.58. The van der Waals surface area contributed by atoms with Crippen molar-refractivity contribution in [1.29, 1.82) is 0 Å². The van der Waals surface area contributed by atoms with E-state index < -0.39 is 19.9 Å². The lowest BCUT2D eigenvalue weighted by Gasteiger charge is -2.26. The molecule has 1 heterocycles. The lowest BCUT2D eigenvalue weighted by molar-refractivity contribution is 0.430. The Morgan fingerprint density at radius 1 is 1.29 bits per heavy atom. The van der Waals surface area contributed by atoms with Crippen molar-refractivity contribution in [2.24, 2.45) is 5.73 Å². The van der Waals surface area contributed by atoms with Crippen LogP contribution >= 0.6 is 12.2 Å². The maximum absolute atomic E-state index is 12.5. The first kappa shape index (κ1) is 16.3. The monoisotopic (exact) mass is 348 g/mol. The van der Waals surface area contributed by atoms with Crippen LogP contribution in [0.4, 0.5) is 0 Å². The molecular weight excluding hydrogens is 332 g/mol. The standard InChI is InChI=1S/C12H16N2O4S3/c1-9-8-10(2-3-11(9)12(13)19)21(17,18)14-4-6-20(15,16)7-5-14/h2-3,8H,4-7H2,1H3,(H2,13,19). The van der Waals surface area contributed by atoms with Gasteiger partial charge in [-0.3, -0.25) is 0 Å². The maximum atomic E-state index is 12.5. The van der Waals surface area contributed by atoms with Crippen LogP contribution in [0, 0.1) is 6.92 Å². The number of hydrogen-bond acceptors (Lipinski definition) is 5. The molecule has 0 radical (unpaired) electrons. The van der Waals surface area contributed by atoms with Gasteiger partial charge in [-0.2, -0.15) is 4.31 Å². The van der Waals surface area contributed by atoms with Crippen molar-refractivity contribution in [2.75, 3.05) is 24.6 Å². The maximum Gasteiger partial charge on any atom is 0.243 e. The number of rotatable bonds is 3. The van der Waals surface area contributed by atoms with Gasteiger partial charge in [-0.05, 0) is 24.6 Å².